The van der Waals surface area contributed by atoms with Crippen LogP contribution < -0.4 is 5.73 Å². The molecule has 0 bridgehead atoms. The molecular formula is C10H15N3O4S. The maximum absolute atomic E-state index is 11.6. The lowest BCUT2D eigenvalue weighted by molar-refractivity contribution is -0.148. The Morgan fingerprint density at radius 3 is 2.89 bits per heavy atom. The second-order valence-corrected chi connectivity index (χ2v) is 5.38. The van der Waals surface area contributed by atoms with Gasteiger partial charge in [-0.25, -0.2) is 4.79 Å². The molecule has 3 N–H and O–H groups in total. The molecule has 1 fully saturated rings. The van der Waals surface area contributed by atoms with Gasteiger partial charge in [0.05, 0.1) is 6.61 Å². The van der Waals surface area contributed by atoms with Crippen molar-refractivity contribution >= 4 is 23.6 Å². The maximum Gasteiger partial charge on any atom is 0.352 e. The zero-order chi connectivity index (χ0) is 13.4. The first-order valence-corrected chi connectivity index (χ1v) is 6.44. The van der Waals surface area contributed by atoms with E-state index in [1.807, 2.05) is 0 Å². The Morgan fingerprint density at radius 2 is 2.33 bits per heavy atom. The molecular weight excluding hydrogens is 258 g/mol. The fourth-order valence-electron chi connectivity index (χ4n) is 1.90. The van der Waals surface area contributed by atoms with Gasteiger partial charge in [-0.05, 0) is 5.57 Å². The monoisotopic (exact) mass is 273 g/mol. The van der Waals surface area contributed by atoms with E-state index in [9.17, 15) is 14.7 Å². The smallest absolute Gasteiger partial charge is 0.352 e. The number of hydrogen-bond donors (Lipinski definition) is 2. The van der Waals surface area contributed by atoms with Crippen LogP contribution in [0.5, 0.6) is 0 Å². The van der Waals surface area contributed by atoms with Crippen LogP contribution in [0.4, 0.5) is 0 Å². The van der Waals surface area contributed by atoms with Crippen LogP contribution in [0, 0.1) is 0 Å². The Labute approximate surface area is 108 Å². The number of carbonyl (C=O) groups is 2. The van der Waals surface area contributed by atoms with Crippen molar-refractivity contribution in [2.75, 3.05) is 26.5 Å². The van der Waals surface area contributed by atoms with E-state index in [1.165, 1.54) is 21.7 Å². The molecule has 0 spiro atoms. The van der Waals surface area contributed by atoms with Crippen LogP contribution in [0.1, 0.15) is 0 Å². The van der Waals surface area contributed by atoms with Crippen LogP contribution in [-0.4, -0.2) is 64.8 Å². The normalized spacial score (nSPS) is 27.3. The van der Waals surface area contributed by atoms with Gasteiger partial charge in [0, 0.05) is 19.8 Å². The number of β-lactam (4-membered cyclic amide) rings is 1. The number of nitrogens with two attached hydrogens (primary N) is 1. The third kappa shape index (κ3) is 2.12. The molecule has 2 rings (SSSR count). The molecule has 1 amide bonds. The number of fused-ring (bicyclic) bond motifs is 1. The van der Waals surface area contributed by atoms with Gasteiger partial charge in [-0.2, -0.15) is 5.06 Å². The average Bonchev–Trinajstić information content (AvgIpc) is 2.33. The van der Waals surface area contributed by atoms with Gasteiger partial charge in [0.2, 0.25) is 5.91 Å². The summed E-state index contributed by atoms with van der Waals surface area (Å²) >= 11 is 1.47. The quantitative estimate of drug-likeness (QED) is 0.504. The van der Waals surface area contributed by atoms with E-state index in [-0.39, 0.29) is 23.6 Å². The van der Waals surface area contributed by atoms with Gasteiger partial charge < -0.3 is 10.8 Å². The molecule has 0 aromatic rings. The fraction of sp³-hybridized carbons (Fsp3) is 0.600. The van der Waals surface area contributed by atoms with Crippen molar-refractivity contribution in [3.05, 3.63) is 11.3 Å². The summed E-state index contributed by atoms with van der Waals surface area (Å²) in [6, 6.07) is -0.597. The second-order valence-electron chi connectivity index (χ2n) is 4.28. The lowest BCUT2D eigenvalue weighted by Crippen LogP contribution is -2.68. The number of nitrogens with zero attached hydrogens (tertiary/aromatic N) is 2. The van der Waals surface area contributed by atoms with Gasteiger partial charge in [-0.1, -0.05) is 0 Å². The van der Waals surface area contributed by atoms with Crippen LogP contribution in [-0.2, 0) is 14.4 Å². The Morgan fingerprint density at radius 1 is 1.67 bits per heavy atom. The zero-order valence-electron chi connectivity index (χ0n) is 10.1. The third-order valence-corrected chi connectivity index (χ3v) is 4.15. The summed E-state index contributed by atoms with van der Waals surface area (Å²) in [7, 11) is 3.43. The molecule has 2 aliphatic heterocycles. The minimum Gasteiger partial charge on any atom is -0.477 e. The highest BCUT2D eigenvalue weighted by Crippen LogP contribution is 2.39. The number of carbonyl (C=O) groups excluding carboxylic acids is 1. The van der Waals surface area contributed by atoms with Crippen molar-refractivity contribution in [3.8, 4) is 0 Å². The lowest BCUT2D eigenvalue weighted by Gasteiger charge is -2.48. The zero-order valence-corrected chi connectivity index (χ0v) is 10.9. The first kappa shape index (κ1) is 13.3. The molecule has 7 nitrogen and oxygen atoms in total. The molecule has 1 saturated heterocycles. The molecule has 0 aliphatic carbocycles. The number of rotatable bonds is 4. The summed E-state index contributed by atoms with van der Waals surface area (Å²) in [5, 5.41) is 10.5. The van der Waals surface area contributed by atoms with Crippen molar-refractivity contribution in [3.63, 3.8) is 0 Å². The predicted octanol–water partition coefficient (Wildman–Crippen LogP) is -0.939. The Hall–Kier alpha value is -1.09. The standard InChI is InChI=1S/C10H15N3O4S/c1-12(2)17-3-5-4-18-9-6(11)8(14)13(9)7(5)10(15)16/h6,9H,3-4,11H2,1-2H3,(H,15,16). The first-order chi connectivity index (χ1) is 8.43. The number of carboxylic acids is 1. The Kier molecular flexibility index (Phi) is 3.62. The van der Waals surface area contributed by atoms with E-state index in [4.69, 9.17) is 10.6 Å². The summed E-state index contributed by atoms with van der Waals surface area (Å²) in [6.45, 7) is 0.160. The average molecular weight is 273 g/mol. The molecule has 2 heterocycles. The fourth-order valence-corrected chi connectivity index (χ4v) is 3.17. The molecule has 100 valence electrons. The molecule has 8 heteroatoms. The van der Waals surface area contributed by atoms with Crippen molar-refractivity contribution in [2.45, 2.75) is 11.4 Å². The van der Waals surface area contributed by atoms with Crippen LogP contribution in [0.15, 0.2) is 11.3 Å². The van der Waals surface area contributed by atoms with Crippen molar-refractivity contribution in [1.82, 2.24) is 9.96 Å². The number of hydrogen-bond acceptors (Lipinski definition) is 6. The minimum absolute atomic E-state index is 0.0206. The van der Waals surface area contributed by atoms with E-state index >= 15 is 0 Å². The number of amides is 1. The number of aliphatic carboxylic acids is 1. The topological polar surface area (TPSA) is 96.1 Å². The molecule has 2 atom stereocenters. The molecule has 18 heavy (non-hydrogen) atoms. The summed E-state index contributed by atoms with van der Waals surface area (Å²) < 4.78 is 0. The molecule has 2 aliphatic rings. The summed E-state index contributed by atoms with van der Waals surface area (Å²) in [4.78, 5) is 29.4. The molecule has 0 radical (unpaired) electrons. The highest BCUT2D eigenvalue weighted by molar-refractivity contribution is 8.00. The first-order valence-electron chi connectivity index (χ1n) is 5.39. The van der Waals surface area contributed by atoms with Gasteiger partial charge in [0.1, 0.15) is 17.1 Å². The van der Waals surface area contributed by atoms with E-state index in [1.54, 1.807) is 14.1 Å². The Balaban J connectivity index is 2.23. The number of carboxylic acid groups (broad SMARTS) is 1. The Bertz CT molecular complexity index is 423. The predicted molar refractivity (Wildman–Crippen MR) is 65.4 cm³/mol. The van der Waals surface area contributed by atoms with E-state index < -0.39 is 12.0 Å². The molecule has 2 unspecified atom stereocenters. The minimum atomic E-state index is -1.11. The summed E-state index contributed by atoms with van der Waals surface area (Å²) in [5.41, 5.74) is 6.26. The van der Waals surface area contributed by atoms with Crippen LogP contribution >= 0.6 is 11.8 Å². The van der Waals surface area contributed by atoms with Gasteiger partial charge in [0.15, 0.2) is 0 Å². The van der Waals surface area contributed by atoms with Crippen LogP contribution in [0.25, 0.3) is 0 Å². The largest absolute Gasteiger partial charge is 0.477 e. The second kappa shape index (κ2) is 4.88. The van der Waals surface area contributed by atoms with Gasteiger partial charge in [-0.15, -0.1) is 11.8 Å². The lowest BCUT2D eigenvalue weighted by atomic mass is 10.0. The van der Waals surface area contributed by atoms with Crippen LogP contribution in [0.3, 0.4) is 0 Å². The van der Waals surface area contributed by atoms with Crippen molar-refractivity contribution in [2.24, 2.45) is 5.73 Å². The maximum atomic E-state index is 11.6. The summed E-state index contributed by atoms with van der Waals surface area (Å²) in [5.74, 6) is -0.942. The third-order valence-electron chi connectivity index (χ3n) is 2.79. The molecule has 0 aromatic carbocycles. The summed E-state index contributed by atoms with van der Waals surface area (Å²) in [6.07, 6.45) is 0. The van der Waals surface area contributed by atoms with Crippen molar-refractivity contribution in [1.29, 1.82) is 0 Å². The number of thioether (sulfide) groups is 1. The van der Waals surface area contributed by atoms with Gasteiger partial charge in [0.25, 0.3) is 0 Å². The van der Waals surface area contributed by atoms with Crippen LogP contribution in [0.2, 0.25) is 0 Å². The van der Waals surface area contributed by atoms with Gasteiger partial charge >= 0.3 is 5.97 Å². The SMILES string of the molecule is CN(C)OCC1=C(C(=O)O)N2C(=O)C(N)C2SC1. The highest BCUT2D eigenvalue weighted by atomic mass is 32.2. The van der Waals surface area contributed by atoms with Crippen molar-refractivity contribution < 1.29 is 19.5 Å². The number of hydroxylamine groups is 2. The molecule has 0 saturated carbocycles. The van der Waals surface area contributed by atoms with E-state index in [0.29, 0.717) is 11.3 Å². The van der Waals surface area contributed by atoms with E-state index in [2.05, 4.69) is 0 Å². The van der Waals surface area contributed by atoms with E-state index in [0.717, 1.165) is 0 Å². The highest BCUT2D eigenvalue weighted by Gasteiger charge is 2.51. The molecule has 0 aromatic heterocycles. The van der Waals surface area contributed by atoms with Gasteiger partial charge in [-0.3, -0.25) is 14.5 Å².